The minimum atomic E-state index is -1.72. The smallest absolute Gasteiger partial charge is 0.319 e. The zero-order chi connectivity index (χ0) is 75.9. The Labute approximate surface area is 595 Å². The number of ether oxygens (including phenoxy) is 13. The molecule has 2 aromatic carbocycles. The van der Waals surface area contributed by atoms with Crippen LogP contribution in [-0.2, 0) is 56.8 Å². The summed E-state index contributed by atoms with van der Waals surface area (Å²) in [5.41, 5.74) is 60.9. The first-order valence-corrected chi connectivity index (χ1v) is 33.9. The van der Waals surface area contributed by atoms with E-state index in [-0.39, 0.29) is 39.0 Å². The van der Waals surface area contributed by atoms with Crippen molar-refractivity contribution in [1.29, 1.82) is 0 Å². The number of hydrogen-bond acceptors (Lipinski definition) is 39. The Morgan fingerprint density at radius 3 is 1.04 bits per heavy atom. The minimum absolute atomic E-state index is 0.0498. The van der Waals surface area contributed by atoms with Gasteiger partial charge in [-0.25, -0.2) is 9.59 Å². The molecule has 38 atom stereocenters. The van der Waals surface area contributed by atoms with E-state index in [1.807, 2.05) is 0 Å². The van der Waals surface area contributed by atoms with Crippen molar-refractivity contribution in [2.45, 2.75) is 245 Å². The molecule has 43 heteroatoms. The van der Waals surface area contributed by atoms with E-state index in [0.29, 0.717) is 17.1 Å². The van der Waals surface area contributed by atoms with E-state index in [9.17, 15) is 81.1 Å². The van der Waals surface area contributed by atoms with E-state index in [4.69, 9.17) is 119 Å². The van der Waals surface area contributed by atoms with Crippen LogP contribution in [0.4, 0.5) is 21.0 Å². The van der Waals surface area contributed by atoms with Gasteiger partial charge in [0.1, 0.15) is 152 Å². The molecule has 0 spiro atoms. The van der Waals surface area contributed by atoms with Gasteiger partial charge in [-0.2, -0.15) is 0 Å². The number of aliphatic hydroxyl groups is 14. The molecular weight excluding hydrogens is 1390 g/mol. The SMILES string of the molecule is COc1ccc(NC(=O)NC2[C@@H](OC3[C@@H](CO)O[C@@H](O[C@@H]4C(O)[C@H](N)CC(N)[C@H]4O[C@H]4OC(CN)[C@@H](O)[C@H](O)C4N)[C@H]3O)OC(CN)[C@@H](O)[C@H]2O)cc1.NCC1O[C@H](O[C@@H]2C(N)C[C@@H](N)C(O)[C@H]2O[C@@H]2O[C@H](CO)C(O[C@H]3OC(CN)[C@@H](O)[C@@H](O)C3NC(=O)Nc3ccccc3)[C@@H]2O)C(N)[C@@H](O)[C@@H]1O. The van der Waals surface area contributed by atoms with Gasteiger partial charge in [0, 0.05) is 61.7 Å². The lowest BCUT2D eigenvalue weighted by Crippen LogP contribution is -2.68. The zero-order valence-electron chi connectivity index (χ0n) is 56.5. The molecule has 10 rings (SSSR count). The average molecular weight is 1500 g/mol. The highest BCUT2D eigenvalue weighted by atomic mass is 16.8. The second-order valence-electron chi connectivity index (χ2n) is 26.7. The van der Waals surface area contributed by atoms with Crippen LogP contribution in [0.15, 0.2) is 54.6 Å². The fourth-order valence-electron chi connectivity index (χ4n) is 13.6. The highest BCUT2D eigenvalue weighted by molar-refractivity contribution is 5.90. The van der Waals surface area contributed by atoms with Gasteiger partial charge in [-0.1, -0.05) is 18.2 Å². The van der Waals surface area contributed by atoms with E-state index in [1.54, 1.807) is 54.6 Å². The number of benzene rings is 2. The highest BCUT2D eigenvalue weighted by Gasteiger charge is 2.58. The van der Waals surface area contributed by atoms with Crippen LogP contribution in [0.3, 0.4) is 0 Å². The Morgan fingerprint density at radius 2 is 0.692 bits per heavy atom. The third-order valence-electron chi connectivity index (χ3n) is 19.6. The number of methoxy groups -OCH3 is 1. The van der Waals surface area contributed by atoms with Gasteiger partial charge >= 0.3 is 12.1 Å². The average Bonchev–Trinajstić information content (AvgIpc) is 1.43. The number of nitrogens with two attached hydrogens (primary N) is 10. The number of hydrogen-bond donors (Lipinski definition) is 28. The van der Waals surface area contributed by atoms with E-state index < -0.39 is 258 Å². The van der Waals surface area contributed by atoms with Gasteiger partial charge in [-0.3, -0.25) is 0 Å². The summed E-state index contributed by atoms with van der Waals surface area (Å²) in [5, 5.41) is 161. The number of anilines is 2. The number of aliphatic hydroxyl groups excluding tert-OH is 14. The van der Waals surface area contributed by atoms with Crippen LogP contribution >= 0.6 is 0 Å². The summed E-state index contributed by atoms with van der Waals surface area (Å²) in [6.45, 7) is -2.33. The number of para-hydroxylation sites is 1. The predicted molar refractivity (Wildman–Crippen MR) is 352 cm³/mol. The lowest BCUT2D eigenvalue weighted by molar-refractivity contribution is -0.307. The molecular formula is C61H104N14O29. The van der Waals surface area contributed by atoms with Crippen LogP contribution in [0, 0.1) is 0 Å². The van der Waals surface area contributed by atoms with Crippen molar-refractivity contribution < 1.29 is 143 Å². The van der Waals surface area contributed by atoms with Crippen molar-refractivity contribution in [3.8, 4) is 5.75 Å². The molecule has 6 aliphatic heterocycles. The van der Waals surface area contributed by atoms with Gasteiger partial charge in [0.05, 0.1) is 44.6 Å². The quantitative estimate of drug-likeness (QED) is 0.0491. The first-order chi connectivity index (χ1) is 49.5. The summed E-state index contributed by atoms with van der Waals surface area (Å²) in [6.07, 6.45) is -42.6. The molecule has 6 heterocycles. The second kappa shape index (κ2) is 37.2. The van der Waals surface area contributed by atoms with Crippen LogP contribution < -0.4 is 83.3 Å². The summed E-state index contributed by atoms with van der Waals surface area (Å²) in [6, 6.07) is 4.11. The van der Waals surface area contributed by atoms with E-state index in [1.165, 1.54) is 7.11 Å². The Hall–Kier alpha value is -4.66. The van der Waals surface area contributed by atoms with E-state index in [0.717, 1.165) is 0 Å². The number of carbonyl (C=O) groups excluding carboxylic acids is 2. The molecule has 0 bridgehead atoms. The maximum absolute atomic E-state index is 13.0. The van der Waals surface area contributed by atoms with Crippen molar-refractivity contribution in [3.63, 3.8) is 0 Å². The normalized spacial score (nSPS) is 45.4. The Balaban J connectivity index is 0.000000241. The second-order valence-corrected chi connectivity index (χ2v) is 26.7. The molecule has 104 heavy (non-hydrogen) atoms. The predicted octanol–water partition coefficient (Wildman–Crippen LogP) is -14.1. The van der Waals surface area contributed by atoms with Crippen molar-refractivity contribution in [2.75, 3.05) is 57.1 Å². The van der Waals surface area contributed by atoms with Gasteiger partial charge in [-0.15, -0.1) is 0 Å². The summed E-state index contributed by atoms with van der Waals surface area (Å²) < 4.78 is 75.9. The third-order valence-corrected chi connectivity index (χ3v) is 19.6. The van der Waals surface area contributed by atoms with Crippen LogP contribution in [0.5, 0.6) is 5.75 Å². The lowest BCUT2D eigenvalue weighted by atomic mass is 9.84. The molecule has 0 aromatic heterocycles. The molecule has 8 fully saturated rings. The van der Waals surface area contributed by atoms with Crippen LogP contribution in [0.2, 0.25) is 0 Å². The van der Waals surface area contributed by atoms with Gasteiger partial charge in [0.2, 0.25) is 0 Å². The Bertz CT molecular complexity index is 2970. The maximum atomic E-state index is 13.0. The number of rotatable bonds is 23. The molecule has 8 aliphatic rings. The molecule has 2 aliphatic carbocycles. The number of urea groups is 2. The number of nitrogens with one attached hydrogen (secondary N) is 4. The van der Waals surface area contributed by atoms with E-state index >= 15 is 0 Å². The molecule has 6 saturated heterocycles. The fourth-order valence-corrected chi connectivity index (χ4v) is 13.6. The summed E-state index contributed by atoms with van der Waals surface area (Å²) in [7, 11) is 1.48. The van der Waals surface area contributed by atoms with Crippen molar-refractivity contribution in [1.82, 2.24) is 10.6 Å². The topological polar surface area (TPSA) is 746 Å². The third kappa shape index (κ3) is 18.8. The molecule has 592 valence electrons. The maximum Gasteiger partial charge on any atom is 0.319 e. The van der Waals surface area contributed by atoms with Crippen LogP contribution in [0.1, 0.15) is 12.8 Å². The van der Waals surface area contributed by atoms with Gasteiger partial charge in [0.15, 0.2) is 37.7 Å². The van der Waals surface area contributed by atoms with Crippen LogP contribution in [-0.4, -0.2) is 363 Å². The molecule has 14 unspecified atom stereocenters. The zero-order valence-corrected chi connectivity index (χ0v) is 56.5. The Morgan fingerprint density at radius 1 is 0.375 bits per heavy atom. The highest BCUT2D eigenvalue weighted by Crippen LogP contribution is 2.38. The summed E-state index contributed by atoms with van der Waals surface area (Å²) >= 11 is 0. The monoisotopic (exact) mass is 1500 g/mol. The standard InChI is InChI=1S/C31H53N7O15.C30H51N7O14/c1-47-11-4-2-10(3-5-11)37-31(46)38-18-23(44)21(42)15(8-33)49-29(18)52-26-16(9-39)50-30(24(26)45)53-27-19(40)12(34)6-13(35)25(27)51-28-17(36)22(43)20(41)14(7-32)48-28;31-7-13-19(40)21(42)16(35)27(46-13)49-24-12(34)6-11(33)18(39)26(24)51-29-23(44)25(15(9-38)48-29)50-28-17(22(43)20(41)14(8-32)47-28)37-30(45)36-10-4-2-1-3-5-10/h2-5,12-30,39-45H,6-9,32-36H2,1H3,(H2,37,38,46);1-5,11-29,38-44H,6-9,31-35H2,(H2,36,37,45)/t12-,13?,14?,15?,16-,17?,18?,19?,20-,21-,22-,23+,24+,25-,26?,27-,28-,29-,30+;11-,12?,13?,14?,15-,16?,17?,18?,19-,20-,21-,22+,23+,24-,25?,26-,27-,28-,29+/m11/s1. The first kappa shape index (κ1) is 83.4. The molecule has 38 N–H and O–H groups in total. The van der Waals surface area contributed by atoms with Crippen molar-refractivity contribution >= 4 is 23.4 Å². The molecule has 4 amide bonds. The first-order valence-electron chi connectivity index (χ1n) is 33.9. The van der Waals surface area contributed by atoms with E-state index in [2.05, 4.69) is 21.3 Å². The molecule has 2 saturated carbocycles. The van der Waals surface area contributed by atoms with Gasteiger partial charge < -0.3 is 212 Å². The fraction of sp³-hybridized carbons (Fsp3) is 0.770. The summed E-state index contributed by atoms with van der Waals surface area (Å²) in [5.74, 6) is 0.546. The molecule has 0 radical (unpaired) electrons. The van der Waals surface area contributed by atoms with Gasteiger partial charge in [-0.05, 0) is 49.2 Å². The summed E-state index contributed by atoms with van der Waals surface area (Å²) in [4.78, 5) is 25.9. The Kier molecular flexibility index (Phi) is 29.8. The number of carbonyl (C=O) groups is 2. The minimum Gasteiger partial charge on any atom is -0.497 e. The lowest BCUT2D eigenvalue weighted by Gasteiger charge is -2.47. The van der Waals surface area contributed by atoms with Crippen molar-refractivity contribution in [3.05, 3.63) is 54.6 Å². The van der Waals surface area contributed by atoms with Crippen LogP contribution in [0.25, 0.3) is 0 Å². The van der Waals surface area contributed by atoms with Gasteiger partial charge in [0.25, 0.3) is 0 Å². The molecule has 2 aromatic rings. The largest absolute Gasteiger partial charge is 0.497 e. The van der Waals surface area contributed by atoms with Crippen molar-refractivity contribution in [2.24, 2.45) is 57.3 Å². The molecule has 43 nitrogen and oxygen atoms in total. The number of amides is 4.